The molecule has 7 nitrogen and oxygen atoms in total. The summed E-state index contributed by atoms with van der Waals surface area (Å²) in [7, 11) is -2.01. The zero-order chi connectivity index (χ0) is 20.0. The highest BCUT2D eigenvalue weighted by atomic mass is 35.5. The average molecular weight is 414 g/mol. The molecule has 3 heterocycles. The van der Waals surface area contributed by atoms with Crippen LogP contribution in [0.2, 0.25) is 23.3 Å². The van der Waals surface area contributed by atoms with Gasteiger partial charge in [-0.2, -0.15) is 0 Å². The van der Waals surface area contributed by atoms with Crippen LogP contribution in [0.15, 0.2) is 12.5 Å². The second-order valence-electron chi connectivity index (χ2n) is 8.55. The summed E-state index contributed by atoms with van der Waals surface area (Å²) in [5.74, 6) is 0. The fourth-order valence-corrected chi connectivity index (χ4v) is 4.78. The highest BCUT2D eigenvalue weighted by Crippen LogP contribution is 2.42. The van der Waals surface area contributed by atoms with Gasteiger partial charge in [0.05, 0.1) is 24.7 Å². The average Bonchev–Trinajstić information content (AvgIpc) is 3.15. The van der Waals surface area contributed by atoms with Crippen LogP contribution in [0.25, 0.3) is 11.0 Å². The molecule has 0 amide bonds. The van der Waals surface area contributed by atoms with E-state index >= 15 is 0 Å². The monoisotopic (exact) mass is 413 g/mol. The number of aliphatic hydroxyl groups excluding tert-OH is 2. The van der Waals surface area contributed by atoms with Crippen molar-refractivity contribution in [1.82, 2.24) is 14.5 Å². The maximum Gasteiger partial charge on any atom is 0.192 e. The smallest absolute Gasteiger partial charge is 0.192 e. The Bertz CT molecular complexity index is 821. The molecule has 2 aromatic heterocycles. The maximum absolute atomic E-state index is 9.82. The van der Waals surface area contributed by atoms with Gasteiger partial charge in [-0.1, -0.05) is 32.4 Å². The molecule has 150 valence electrons. The quantitative estimate of drug-likeness (QED) is 0.577. The predicted molar refractivity (Wildman–Crippen MR) is 106 cm³/mol. The van der Waals surface area contributed by atoms with Crippen LogP contribution in [0.5, 0.6) is 0 Å². The third-order valence-corrected chi connectivity index (χ3v) is 10.5. The number of hydrogen-bond acceptors (Lipinski definition) is 6. The Morgan fingerprint density at radius 2 is 2.04 bits per heavy atom. The van der Waals surface area contributed by atoms with Crippen LogP contribution < -0.4 is 0 Å². The Labute approximate surface area is 165 Å². The molecular formula is C18H28ClN3O4Si. The van der Waals surface area contributed by atoms with Crippen LogP contribution in [-0.4, -0.2) is 51.9 Å². The van der Waals surface area contributed by atoms with Gasteiger partial charge in [-0.3, -0.25) is 0 Å². The van der Waals surface area contributed by atoms with E-state index in [2.05, 4.69) is 43.8 Å². The van der Waals surface area contributed by atoms with Gasteiger partial charge in [-0.05, 0) is 18.1 Å². The molecule has 0 aliphatic carbocycles. The number of aliphatic hydroxyl groups is 2. The Kier molecular flexibility index (Phi) is 5.69. The fourth-order valence-electron chi connectivity index (χ4n) is 3.17. The van der Waals surface area contributed by atoms with Crippen LogP contribution in [0.3, 0.4) is 0 Å². The van der Waals surface area contributed by atoms with E-state index in [9.17, 15) is 10.2 Å². The van der Waals surface area contributed by atoms with E-state index in [-0.39, 0.29) is 30.6 Å². The summed E-state index contributed by atoms with van der Waals surface area (Å²) < 4.78 is 14.5. The van der Waals surface area contributed by atoms with Gasteiger partial charge < -0.3 is 23.9 Å². The summed E-state index contributed by atoms with van der Waals surface area (Å²) in [5, 5.41) is 20.5. The summed E-state index contributed by atoms with van der Waals surface area (Å²) in [5.41, 5.74) is 1.25. The SMILES string of the molecule is CC(C)(C)[Si](C)(C)O[C@@H]1C[C@H](n2cc(CO)c3c(Cl)ncnc32)O[C@@H]1CO. The number of ether oxygens (including phenoxy) is 1. The Hall–Kier alpha value is -1.03. The number of rotatable bonds is 5. The molecule has 27 heavy (non-hydrogen) atoms. The van der Waals surface area contributed by atoms with Crippen molar-refractivity contribution in [2.24, 2.45) is 0 Å². The van der Waals surface area contributed by atoms with Crippen LogP contribution in [0.1, 0.15) is 39.0 Å². The lowest BCUT2D eigenvalue weighted by Crippen LogP contribution is -2.46. The van der Waals surface area contributed by atoms with E-state index in [1.54, 1.807) is 6.20 Å². The lowest BCUT2D eigenvalue weighted by atomic mass is 10.2. The van der Waals surface area contributed by atoms with E-state index in [4.69, 9.17) is 20.8 Å². The number of halogens is 1. The van der Waals surface area contributed by atoms with Crippen molar-refractivity contribution < 1.29 is 19.4 Å². The van der Waals surface area contributed by atoms with Crippen molar-refractivity contribution in [1.29, 1.82) is 0 Å². The van der Waals surface area contributed by atoms with Crippen LogP contribution in [0.4, 0.5) is 0 Å². The van der Waals surface area contributed by atoms with Gasteiger partial charge in [0, 0.05) is 18.2 Å². The molecule has 1 saturated heterocycles. The number of aromatic nitrogens is 3. The van der Waals surface area contributed by atoms with Crippen LogP contribution in [0, 0.1) is 0 Å². The van der Waals surface area contributed by atoms with Crippen molar-refractivity contribution in [3.05, 3.63) is 23.2 Å². The largest absolute Gasteiger partial charge is 0.411 e. The Morgan fingerprint density at radius 3 is 2.63 bits per heavy atom. The highest BCUT2D eigenvalue weighted by Gasteiger charge is 2.45. The van der Waals surface area contributed by atoms with Gasteiger partial charge >= 0.3 is 0 Å². The first-order valence-corrected chi connectivity index (χ1v) is 12.4. The topological polar surface area (TPSA) is 89.6 Å². The molecule has 1 fully saturated rings. The van der Waals surface area contributed by atoms with E-state index in [0.29, 0.717) is 28.2 Å². The number of hydrogen-bond donors (Lipinski definition) is 2. The van der Waals surface area contributed by atoms with Gasteiger partial charge in [-0.25, -0.2) is 9.97 Å². The summed E-state index contributed by atoms with van der Waals surface area (Å²) in [6.07, 6.45) is 2.81. The molecule has 0 unspecified atom stereocenters. The molecule has 0 radical (unpaired) electrons. The van der Waals surface area contributed by atoms with E-state index in [1.165, 1.54) is 6.33 Å². The number of nitrogens with zero attached hydrogens (tertiary/aromatic N) is 3. The fraction of sp³-hybridized carbons (Fsp3) is 0.667. The third-order valence-electron chi connectivity index (χ3n) is 5.73. The van der Waals surface area contributed by atoms with Gasteiger partial charge in [0.25, 0.3) is 0 Å². The van der Waals surface area contributed by atoms with Gasteiger partial charge in [0.1, 0.15) is 29.5 Å². The lowest BCUT2D eigenvalue weighted by Gasteiger charge is -2.39. The highest BCUT2D eigenvalue weighted by molar-refractivity contribution is 6.74. The lowest BCUT2D eigenvalue weighted by molar-refractivity contribution is -0.0409. The molecule has 0 bridgehead atoms. The minimum atomic E-state index is -2.01. The molecule has 3 atom stereocenters. The standard InChI is InChI=1S/C18H28ClN3O4Si/c1-18(2,3)27(4,5)26-12-6-14(25-13(12)9-24)22-7-11(8-23)15-16(19)20-10-21-17(15)22/h7,10,12-14,23-24H,6,8-9H2,1-5H3/t12-,13-,14-/m1/s1. The second-order valence-corrected chi connectivity index (χ2v) is 13.7. The second kappa shape index (κ2) is 7.42. The van der Waals surface area contributed by atoms with Crippen LogP contribution in [-0.2, 0) is 15.8 Å². The first-order valence-electron chi connectivity index (χ1n) is 9.14. The van der Waals surface area contributed by atoms with Crippen molar-refractivity contribution in [3.63, 3.8) is 0 Å². The summed E-state index contributed by atoms with van der Waals surface area (Å²) >= 11 is 6.21. The first-order chi connectivity index (χ1) is 12.6. The minimum absolute atomic E-state index is 0.0655. The molecule has 1 aliphatic rings. The third kappa shape index (κ3) is 3.79. The molecule has 2 aromatic rings. The van der Waals surface area contributed by atoms with Crippen LogP contribution >= 0.6 is 11.6 Å². The summed E-state index contributed by atoms with van der Waals surface area (Å²) in [4.78, 5) is 8.33. The van der Waals surface area contributed by atoms with Gasteiger partial charge in [0.15, 0.2) is 8.32 Å². The Morgan fingerprint density at radius 1 is 1.33 bits per heavy atom. The molecule has 0 saturated carbocycles. The zero-order valence-electron chi connectivity index (χ0n) is 16.4. The van der Waals surface area contributed by atoms with Crippen molar-refractivity contribution in [2.45, 2.75) is 70.4 Å². The molecule has 0 spiro atoms. The van der Waals surface area contributed by atoms with Crippen molar-refractivity contribution in [3.8, 4) is 0 Å². The molecule has 3 rings (SSSR count). The minimum Gasteiger partial charge on any atom is -0.411 e. The van der Waals surface area contributed by atoms with E-state index in [0.717, 1.165) is 0 Å². The zero-order valence-corrected chi connectivity index (χ0v) is 18.2. The molecule has 0 aromatic carbocycles. The van der Waals surface area contributed by atoms with Gasteiger partial charge in [-0.15, -0.1) is 0 Å². The summed E-state index contributed by atoms with van der Waals surface area (Å²) in [6, 6.07) is 0. The molecule has 9 heteroatoms. The first kappa shape index (κ1) is 20.7. The molecule has 1 aliphatic heterocycles. The summed E-state index contributed by atoms with van der Waals surface area (Å²) in [6.45, 7) is 10.7. The van der Waals surface area contributed by atoms with E-state index in [1.807, 2.05) is 4.57 Å². The Balaban J connectivity index is 1.92. The van der Waals surface area contributed by atoms with Crippen molar-refractivity contribution in [2.75, 3.05) is 6.61 Å². The van der Waals surface area contributed by atoms with E-state index < -0.39 is 14.4 Å². The number of fused-ring (bicyclic) bond motifs is 1. The normalized spacial score (nSPS) is 24.1. The predicted octanol–water partition coefficient (Wildman–Crippen LogP) is 3.25. The van der Waals surface area contributed by atoms with Gasteiger partial charge in [0.2, 0.25) is 0 Å². The maximum atomic E-state index is 9.82. The molecule has 2 N–H and O–H groups in total. The van der Waals surface area contributed by atoms with Crippen molar-refractivity contribution >= 4 is 31.0 Å². The molecular weight excluding hydrogens is 386 g/mol.